The predicted molar refractivity (Wildman–Crippen MR) is 51.6 cm³/mol. The molecule has 0 saturated heterocycles. The largest absolute Gasteiger partial charge is 0.480 e. The zero-order valence-electron chi connectivity index (χ0n) is 8.64. The van der Waals surface area contributed by atoms with Gasteiger partial charge in [-0.15, -0.1) is 0 Å². The lowest BCUT2D eigenvalue weighted by atomic mass is 10.3. The van der Waals surface area contributed by atoms with Crippen LogP contribution < -0.4 is 10.6 Å². The van der Waals surface area contributed by atoms with Gasteiger partial charge in [-0.1, -0.05) is 5.16 Å². The summed E-state index contributed by atoms with van der Waals surface area (Å²) in [4.78, 5) is 25.3. The average Bonchev–Trinajstić information content (AvgIpc) is 2.70. The number of aliphatic carboxylic acids is 1. The SMILES string of the molecule is C[C@@H](NC(=O)NCCc1ncno1)C(=O)O. The number of nitrogens with one attached hydrogen (secondary N) is 2. The number of hydrogen-bond acceptors (Lipinski definition) is 5. The van der Waals surface area contributed by atoms with Gasteiger partial charge in [0.05, 0.1) is 0 Å². The Labute approximate surface area is 91.0 Å². The molecule has 0 aromatic carbocycles. The first-order chi connectivity index (χ1) is 7.59. The Bertz CT molecular complexity index is 351. The highest BCUT2D eigenvalue weighted by Crippen LogP contribution is 1.90. The van der Waals surface area contributed by atoms with E-state index in [0.29, 0.717) is 18.9 Å². The van der Waals surface area contributed by atoms with Crippen LogP contribution in [-0.2, 0) is 11.2 Å². The summed E-state index contributed by atoms with van der Waals surface area (Å²) in [5.74, 6) is -0.682. The van der Waals surface area contributed by atoms with Crippen LogP contribution in [0, 0.1) is 0 Å². The summed E-state index contributed by atoms with van der Waals surface area (Å²) in [5, 5.41) is 16.6. The van der Waals surface area contributed by atoms with Gasteiger partial charge in [-0.3, -0.25) is 4.79 Å². The molecule has 88 valence electrons. The van der Waals surface area contributed by atoms with E-state index in [1.807, 2.05) is 0 Å². The smallest absolute Gasteiger partial charge is 0.325 e. The minimum Gasteiger partial charge on any atom is -0.480 e. The minimum absolute atomic E-state index is 0.292. The van der Waals surface area contributed by atoms with Crippen molar-refractivity contribution in [2.24, 2.45) is 0 Å². The monoisotopic (exact) mass is 228 g/mol. The molecule has 1 atom stereocenters. The van der Waals surface area contributed by atoms with Gasteiger partial charge < -0.3 is 20.3 Å². The van der Waals surface area contributed by atoms with Gasteiger partial charge in [0, 0.05) is 13.0 Å². The van der Waals surface area contributed by atoms with Crippen LogP contribution >= 0.6 is 0 Å². The molecule has 2 amide bonds. The summed E-state index contributed by atoms with van der Waals surface area (Å²) in [6.07, 6.45) is 1.66. The fourth-order valence-corrected chi connectivity index (χ4v) is 0.899. The third-order valence-corrected chi connectivity index (χ3v) is 1.75. The molecular formula is C8H12N4O4. The van der Waals surface area contributed by atoms with Crippen LogP contribution in [0.3, 0.4) is 0 Å². The summed E-state index contributed by atoms with van der Waals surface area (Å²) in [6.45, 7) is 1.67. The van der Waals surface area contributed by atoms with Gasteiger partial charge in [-0.05, 0) is 6.92 Å². The molecule has 16 heavy (non-hydrogen) atoms. The van der Waals surface area contributed by atoms with Crippen molar-refractivity contribution in [1.29, 1.82) is 0 Å². The van der Waals surface area contributed by atoms with E-state index in [0.717, 1.165) is 0 Å². The van der Waals surface area contributed by atoms with Crippen LogP contribution in [0.2, 0.25) is 0 Å². The molecule has 1 aromatic heterocycles. The minimum atomic E-state index is -1.09. The lowest BCUT2D eigenvalue weighted by Gasteiger charge is -2.09. The Kier molecular flexibility index (Phi) is 4.25. The number of rotatable bonds is 5. The number of carboxylic acid groups (broad SMARTS) is 1. The number of aromatic nitrogens is 2. The lowest BCUT2D eigenvalue weighted by molar-refractivity contribution is -0.138. The number of amides is 2. The number of carboxylic acids is 1. The third kappa shape index (κ3) is 3.95. The molecule has 0 aliphatic heterocycles. The first-order valence-corrected chi connectivity index (χ1v) is 4.62. The normalized spacial score (nSPS) is 11.8. The van der Waals surface area contributed by atoms with Crippen molar-refractivity contribution < 1.29 is 19.2 Å². The molecule has 3 N–H and O–H groups in total. The molecule has 8 heteroatoms. The molecule has 0 saturated carbocycles. The van der Waals surface area contributed by atoms with Crippen LogP contribution in [0.25, 0.3) is 0 Å². The average molecular weight is 228 g/mol. The molecule has 0 unspecified atom stereocenters. The van der Waals surface area contributed by atoms with E-state index in [2.05, 4.69) is 20.8 Å². The standard InChI is InChI=1S/C8H12N4O4/c1-5(7(13)14)12-8(15)9-3-2-6-10-4-11-16-6/h4-5H,2-3H2,1H3,(H,13,14)(H2,9,12,15)/t5-/m1/s1. The van der Waals surface area contributed by atoms with Crippen LogP contribution in [0.4, 0.5) is 4.79 Å². The molecule has 0 spiro atoms. The Morgan fingerprint density at radius 1 is 1.62 bits per heavy atom. The second-order valence-electron chi connectivity index (χ2n) is 3.05. The Balaban J connectivity index is 2.18. The number of carbonyl (C=O) groups excluding carboxylic acids is 1. The first-order valence-electron chi connectivity index (χ1n) is 4.62. The fourth-order valence-electron chi connectivity index (χ4n) is 0.899. The first kappa shape index (κ1) is 12.0. The second kappa shape index (κ2) is 5.69. The quantitative estimate of drug-likeness (QED) is 0.618. The summed E-state index contributed by atoms with van der Waals surface area (Å²) in [6, 6.07) is -1.47. The van der Waals surface area contributed by atoms with Crippen molar-refractivity contribution in [3.63, 3.8) is 0 Å². The zero-order chi connectivity index (χ0) is 12.0. The maximum Gasteiger partial charge on any atom is 0.325 e. The van der Waals surface area contributed by atoms with Crippen molar-refractivity contribution in [1.82, 2.24) is 20.8 Å². The zero-order valence-corrected chi connectivity index (χ0v) is 8.64. The number of urea groups is 1. The molecule has 8 nitrogen and oxygen atoms in total. The van der Waals surface area contributed by atoms with Crippen molar-refractivity contribution in [2.75, 3.05) is 6.54 Å². The third-order valence-electron chi connectivity index (χ3n) is 1.75. The molecule has 1 aromatic rings. The Morgan fingerprint density at radius 2 is 2.38 bits per heavy atom. The summed E-state index contributed by atoms with van der Waals surface area (Å²) in [7, 11) is 0. The molecule has 1 rings (SSSR count). The van der Waals surface area contributed by atoms with Gasteiger partial charge in [0.2, 0.25) is 5.89 Å². The maximum absolute atomic E-state index is 11.1. The summed E-state index contributed by atoms with van der Waals surface area (Å²) >= 11 is 0. The molecule has 0 radical (unpaired) electrons. The van der Waals surface area contributed by atoms with Crippen molar-refractivity contribution in [3.8, 4) is 0 Å². The van der Waals surface area contributed by atoms with E-state index in [4.69, 9.17) is 9.63 Å². The second-order valence-corrected chi connectivity index (χ2v) is 3.05. The highest BCUT2D eigenvalue weighted by atomic mass is 16.5. The summed E-state index contributed by atoms with van der Waals surface area (Å²) in [5.41, 5.74) is 0. The van der Waals surface area contributed by atoms with Crippen molar-refractivity contribution in [3.05, 3.63) is 12.2 Å². The fraction of sp³-hybridized carbons (Fsp3) is 0.500. The molecule has 0 fully saturated rings. The van der Waals surface area contributed by atoms with Gasteiger partial charge in [0.1, 0.15) is 6.04 Å². The van der Waals surface area contributed by atoms with E-state index >= 15 is 0 Å². The molecular weight excluding hydrogens is 216 g/mol. The predicted octanol–water partition coefficient (Wildman–Crippen LogP) is -0.616. The van der Waals surface area contributed by atoms with Crippen molar-refractivity contribution >= 4 is 12.0 Å². The van der Waals surface area contributed by atoms with Gasteiger partial charge in [-0.2, -0.15) is 4.98 Å². The number of carbonyl (C=O) groups is 2. The summed E-state index contributed by atoms with van der Waals surface area (Å²) < 4.78 is 4.71. The number of nitrogens with zero attached hydrogens (tertiary/aromatic N) is 2. The van der Waals surface area contributed by atoms with Gasteiger partial charge in [-0.25, -0.2) is 4.79 Å². The maximum atomic E-state index is 11.1. The molecule has 0 aliphatic carbocycles. The van der Waals surface area contributed by atoms with Gasteiger partial charge >= 0.3 is 12.0 Å². The molecule has 0 bridgehead atoms. The van der Waals surface area contributed by atoms with E-state index in [1.165, 1.54) is 13.3 Å². The van der Waals surface area contributed by atoms with E-state index < -0.39 is 18.0 Å². The van der Waals surface area contributed by atoms with Crippen LogP contribution in [-0.4, -0.2) is 39.8 Å². The van der Waals surface area contributed by atoms with Gasteiger partial charge in [0.15, 0.2) is 6.33 Å². The van der Waals surface area contributed by atoms with Crippen LogP contribution in [0.5, 0.6) is 0 Å². The van der Waals surface area contributed by atoms with Crippen LogP contribution in [0.15, 0.2) is 10.9 Å². The lowest BCUT2D eigenvalue weighted by Crippen LogP contribution is -2.44. The number of hydrogen-bond donors (Lipinski definition) is 3. The Hall–Kier alpha value is -2.12. The van der Waals surface area contributed by atoms with E-state index in [9.17, 15) is 9.59 Å². The van der Waals surface area contributed by atoms with Crippen LogP contribution in [0.1, 0.15) is 12.8 Å². The highest BCUT2D eigenvalue weighted by Gasteiger charge is 2.13. The highest BCUT2D eigenvalue weighted by molar-refractivity contribution is 5.82. The molecule has 0 aliphatic rings. The van der Waals surface area contributed by atoms with Crippen molar-refractivity contribution in [2.45, 2.75) is 19.4 Å². The topological polar surface area (TPSA) is 117 Å². The molecule has 1 heterocycles. The Morgan fingerprint density at radius 3 is 2.94 bits per heavy atom. The van der Waals surface area contributed by atoms with Gasteiger partial charge in [0.25, 0.3) is 0 Å². The van der Waals surface area contributed by atoms with E-state index in [-0.39, 0.29) is 0 Å². The van der Waals surface area contributed by atoms with E-state index in [1.54, 1.807) is 0 Å².